The van der Waals surface area contributed by atoms with E-state index in [2.05, 4.69) is 10.6 Å². The van der Waals surface area contributed by atoms with Gasteiger partial charge in [-0.1, -0.05) is 18.2 Å². The lowest BCUT2D eigenvalue weighted by Gasteiger charge is -2.16. The number of aryl methyl sites for hydroxylation is 2. The number of ether oxygens (including phenoxy) is 2. The molecule has 0 unspecified atom stereocenters. The van der Waals surface area contributed by atoms with Crippen LogP contribution in [0.15, 0.2) is 42.5 Å². The number of carbonyl (C=O) groups excluding carboxylic acids is 3. The van der Waals surface area contributed by atoms with Gasteiger partial charge in [0.05, 0.1) is 12.3 Å². The van der Waals surface area contributed by atoms with E-state index in [0.29, 0.717) is 23.6 Å². The Morgan fingerprint density at radius 1 is 1.03 bits per heavy atom. The van der Waals surface area contributed by atoms with Crippen LogP contribution in [0.25, 0.3) is 0 Å². The van der Waals surface area contributed by atoms with E-state index in [1.807, 2.05) is 26.8 Å². The lowest BCUT2D eigenvalue weighted by molar-refractivity contribution is -0.152. The van der Waals surface area contributed by atoms with Gasteiger partial charge in [-0.25, -0.2) is 0 Å². The van der Waals surface area contributed by atoms with Crippen molar-refractivity contribution >= 4 is 23.5 Å². The SMILES string of the molecule is CCOc1ccccc1NC(=O)[C@@H](C)OC(=O)CNC(=O)c1ccc(C)c(C)c1. The molecule has 0 aliphatic heterocycles. The summed E-state index contributed by atoms with van der Waals surface area (Å²) in [5.41, 5.74) is 3.01. The lowest BCUT2D eigenvalue weighted by atomic mass is 10.1. The Labute approximate surface area is 170 Å². The van der Waals surface area contributed by atoms with Crippen molar-refractivity contribution in [3.63, 3.8) is 0 Å². The number of anilines is 1. The van der Waals surface area contributed by atoms with Gasteiger partial charge >= 0.3 is 5.97 Å². The molecule has 7 nitrogen and oxygen atoms in total. The second-order valence-corrected chi connectivity index (χ2v) is 6.53. The van der Waals surface area contributed by atoms with Crippen LogP contribution in [-0.4, -0.2) is 37.0 Å². The maximum absolute atomic E-state index is 12.3. The highest BCUT2D eigenvalue weighted by atomic mass is 16.5. The molecule has 0 aliphatic rings. The third-order valence-electron chi connectivity index (χ3n) is 4.28. The first-order chi connectivity index (χ1) is 13.8. The van der Waals surface area contributed by atoms with Crippen LogP contribution in [-0.2, 0) is 14.3 Å². The number of rotatable bonds is 8. The molecule has 0 saturated heterocycles. The summed E-state index contributed by atoms with van der Waals surface area (Å²) < 4.78 is 10.6. The summed E-state index contributed by atoms with van der Waals surface area (Å²) in [7, 11) is 0. The summed E-state index contributed by atoms with van der Waals surface area (Å²) >= 11 is 0. The highest BCUT2D eigenvalue weighted by molar-refractivity contribution is 5.98. The monoisotopic (exact) mass is 398 g/mol. The van der Waals surface area contributed by atoms with Crippen LogP contribution in [0.4, 0.5) is 5.69 Å². The van der Waals surface area contributed by atoms with Crippen LogP contribution in [0.2, 0.25) is 0 Å². The lowest BCUT2D eigenvalue weighted by Crippen LogP contribution is -2.35. The Balaban J connectivity index is 1.86. The molecule has 29 heavy (non-hydrogen) atoms. The minimum absolute atomic E-state index is 0.334. The predicted molar refractivity (Wildman–Crippen MR) is 110 cm³/mol. The minimum atomic E-state index is -1.03. The van der Waals surface area contributed by atoms with E-state index in [4.69, 9.17) is 9.47 Å². The van der Waals surface area contributed by atoms with Gasteiger partial charge in [0.2, 0.25) is 0 Å². The van der Waals surface area contributed by atoms with Crippen molar-refractivity contribution in [1.82, 2.24) is 5.32 Å². The highest BCUT2D eigenvalue weighted by Crippen LogP contribution is 2.23. The van der Waals surface area contributed by atoms with E-state index in [-0.39, 0.29) is 12.5 Å². The van der Waals surface area contributed by atoms with Crippen LogP contribution in [0.5, 0.6) is 5.75 Å². The molecule has 7 heteroatoms. The number of esters is 1. The van der Waals surface area contributed by atoms with Gasteiger partial charge in [-0.05, 0) is 63.1 Å². The average molecular weight is 398 g/mol. The van der Waals surface area contributed by atoms with Gasteiger partial charge in [0.15, 0.2) is 6.10 Å². The van der Waals surface area contributed by atoms with Gasteiger partial charge in [0.25, 0.3) is 11.8 Å². The number of nitrogens with one attached hydrogen (secondary N) is 2. The van der Waals surface area contributed by atoms with Crippen molar-refractivity contribution in [3.05, 3.63) is 59.2 Å². The van der Waals surface area contributed by atoms with Crippen molar-refractivity contribution in [1.29, 1.82) is 0 Å². The number of carbonyl (C=O) groups is 3. The number of benzene rings is 2. The van der Waals surface area contributed by atoms with Crippen LogP contribution in [0.3, 0.4) is 0 Å². The Morgan fingerprint density at radius 3 is 2.45 bits per heavy atom. The van der Waals surface area contributed by atoms with Crippen molar-refractivity contribution < 1.29 is 23.9 Å². The van der Waals surface area contributed by atoms with Crippen molar-refractivity contribution in [3.8, 4) is 5.75 Å². The highest BCUT2D eigenvalue weighted by Gasteiger charge is 2.19. The molecule has 2 aromatic rings. The maximum atomic E-state index is 12.3. The number of hydrogen-bond acceptors (Lipinski definition) is 5. The standard InChI is InChI=1S/C22H26N2O5/c1-5-28-19-9-7-6-8-18(19)24-21(26)16(4)29-20(25)13-23-22(27)17-11-10-14(2)15(3)12-17/h6-12,16H,5,13H2,1-4H3,(H,23,27)(H,24,26)/t16-/m1/s1. The summed E-state index contributed by atoms with van der Waals surface area (Å²) in [5, 5.41) is 5.17. The summed E-state index contributed by atoms with van der Waals surface area (Å²) in [6.07, 6.45) is -1.03. The van der Waals surface area contributed by atoms with Crippen LogP contribution >= 0.6 is 0 Å². The van der Waals surface area contributed by atoms with Crippen molar-refractivity contribution in [2.24, 2.45) is 0 Å². The van der Waals surface area contributed by atoms with E-state index < -0.39 is 18.0 Å². The second-order valence-electron chi connectivity index (χ2n) is 6.53. The fraction of sp³-hybridized carbons (Fsp3) is 0.318. The molecule has 154 valence electrons. The largest absolute Gasteiger partial charge is 0.492 e. The Morgan fingerprint density at radius 2 is 1.76 bits per heavy atom. The number of hydrogen-bond donors (Lipinski definition) is 2. The van der Waals surface area contributed by atoms with E-state index >= 15 is 0 Å². The van der Waals surface area contributed by atoms with Gasteiger partial charge in [0, 0.05) is 5.56 Å². The molecule has 0 fully saturated rings. The second kappa shape index (κ2) is 10.3. The van der Waals surface area contributed by atoms with Gasteiger partial charge in [-0.2, -0.15) is 0 Å². The molecular weight excluding hydrogens is 372 g/mol. The predicted octanol–water partition coefficient (Wildman–Crippen LogP) is 3.00. The molecule has 0 heterocycles. The summed E-state index contributed by atoms with van der Waals surface area (Å²) in [4.78, 5) is 36.5. The molecule has 2 aromatic carbocycles. The Bertz CT molecular complexity index is 895. The zero-order chi connectivity index (χ0) is 21.4. The molecule has 0 aromatic heterocycles. The van der Waals surface area contributed by atoms with E-state index in [1.165, 1.54) is 6.92 Å². The molecule has 2 amide bonds. The normalized spacial score (nSPS) is 11.3. The molecule has 0 saturated carbocycles. The summed E-state index contributed by atoms with van der Waals surface area (Å²) in [6, 6.07) is 12.3. The number of amides is 2. The summed E-state index contributed by atoms with van der Waals surface area (Å²) in [6.45, 7) is 7.28. The zero-order valence-corrected chi connectivity index (χ0v) is 17.1. The van der Waals surface area contributed by atoms with Crippen LogP contribution in [0.1, 0.15) is 35.3 Å². The third kappa shape index (κ3) is 6.34. The van der Waals surface area contributed by atoms with Gasteiger partial charge < -0.3 is 20.1 Å². The number of para-hydroxylation sites is 2. The van der Waals surface area contributed by atoms with Gasteiger partial charge in [-0.15, -0.1) is 0 Å². The topological polar surface area (TPSA) is 93.7 Å². The molecule has 2 rings (SSSR count). The smallest absolute Gasteiger partial charge is 0.326 e. The molecule has 0 aliphatic carbocycles. The average Bonchev–Trinajstić information content (AvgIpc) is 2.69. The van der Waals surface area contributed by atoms with E-state index in [1.54, 1.807) is 36.4 Å². The molecule has 0 spiro atoms. The maximum Gasteiger partial charge on any atom is 0.326 e. The molecule has 1 atom stereocenters. The fourth-order valence-electron chi connectivity index (χ4n) is 2.52. The molecule has 0 radical (unpaired) electrons. The Kier molecular flexibility index (Phi) is 7.77. The first kappa shape index (κ1) is 21.9. The third-order valence-corrected chi connectivity index (χ3v) is 4.28. The first-order valence-corrected chi connectivity index (χ1v) is 9.39. The summed E-state index contributed by atoms with van der Waals surface area (Å²) in [5.74, 6) is -1.05. The molecule has 2 N–H and O–H groups in total. The van der Waals surface area contributed by atoms with E-state index in [9.17, 15) is 14.4 Å². The molecular formula is C22H26N2O5. The van der Waals surface area contributed by atoms with Crippen molar-refractivity contribution in [2.75, 3.05) is 18.5 Å². The van der Waals surface area contributed by atoms with E-state index in [0.717, 1.165) is 11.1 Å². The van der Waals surface area contributed by atoms with Crippen LogP contribution < -0.4 is 15.4 Å². The quantitative estimate of drug-likeness (QED) is 0.667. The first-order valence-electron chi connectivity index (χ1n) is 9.39. The van der Waals surface area contributed by atoms with Gasteiger partial charge in [-0.3, -0.25) is 14.4 Å². The zero-order valence-electron chi connectivity index (χ0n) is 17.1. The minimum Gasteiger partial charge on any atom is -0.492 e. The Hall–Kier alpha value is -3.35. The fourth-order valence-corrected chi connectivity index (χ4v) is 2.52. The van der Waals surface area contributed by atoms with Crippen molar-refractivity contribution in [2.45, 2.75) is 33.8 Å². The molecule has 0 bridgehead atoms. The van der Waals surface area contributed by atoms with Gasteiger partial charge in [0.1, 0.15) is 12.3 Å². The van der Waals surface area contributed by atoms with Crippen LogP contribution in [0, 0.1) is 13.8 Å².